The average Bonchev–Trinajstić information content (AvgIpc) is 2.04. The predicted octanol–water partition coefficient (Wildman–Crippen LogP) is 1.49. The standard InChI is InChI=1S/C10H12NO2/c1-10(2,13-8-12)7-9-3-5-11-6-4-9/h3-6H,7H2,1-2H3. The first-order chi connectivity index (χ1) is 6.14. The monoisotopic (exact) mass is 178 g/mol. The van der Waals surface area contributed by atoms with Crippen LogP contribution in [-0.2, 0) is 16.0 Å². The largest absolute Gasteiger partial charge is 0.451 e. The van der Waals surface area contributed by atoms with Crippen molar-refractivity contribution in [1.82, 2.24) is 4.98 Å². The third-order valence-corrected chi connectivity index (χ3v) is 1.70. The lowest BCUT2D eigenvalue weighted by molar-refractivity contribution is 0.0898. The molecule has 0 saturated carbocycles. The van der Waals surface area contributed by atoms with Crippen LogP contribution in [0.4, 0.5) is 0 Å². The van der Waals surface area contributed by atoms with Gasteiger partial charge in [-0.15, -0.1) is 0 Å². The van der Waals surface area contributed by atoms with Crippen LogP contribution in [0.25, 0.3) is 0 Å². The third kappa shape index (κ3) is 3.23. The zero-order chi connectivity index (χ0) is 9.73. The van der Waals surface area contributed by atoms with Crippen molar-refractivity contribution in [3.05, 3.63) is 30.1 Å². The van der Waals surface area contributed by atoms with Crippen molar-refractivity contribution >= 4 is 6.47 Å². The minimum atomic E-state index is -0.497. The first-order valence-electron chi connectivity index (χ1n) is 4.08. The molecule has 0 amide bonds. The Morgan fingerprint density at radius 3 is 2.62 bits per heavy atom. The van der Waals surface area contributed by atoms with Crippen molar-refractivity contribution in [2.75, 3.05) is 0 Å². The van der Waals surface area contributed by atoms with Crippen molar-refractivity contribution in [2.45, 2.75) is 25.9 Å². The van der Waals surface area contributed by atoms with Crippen molar-refractivity contribution < 1.29 is 9.53 Å². The number of pyridine rings is 1. The highest BCUT2D eigenvalue weighted by atomic mass is 16.5. The molecule has 1 aromatic rings. The van der Waals surface area contributed by atoms with Crippen LogP contribution in [0.3, 0.4) is 0 Å². The van der Waals surface area contributed by atoms with E-state index in [0.29, 0.717) is 6.42 Å². The van der Waals surface area contributed by atoms with Gasteiger partial charge in [0.2, 0.25) is 0 Å². The maximum atomic E-state index is 10.1. The van der Waals surface area contributed by atoms with E-state index in [0.717, 1.165) is 5.56 Å². The quantitative estimate of drug-likeness (QED) is 0.701. The van der Waals surface area contributed by atoms with Crippen LogP contribution in [0.5, 0.6) is 0 Å². The summed E-state index contributed by atoms with van der Waals surface area (Å²) < 4.78 is 4.81. The normalized spacial score (nSPS) is 10.9. The summed E-state index contributed by atoms with van der Waals surface area (Å²) in [5, 5.41) is 0. The molecule has 1 rings (SSSR count). The van der Waals surface area contributed by atoms with Crippen LogP contribution >= 0.6 is 0 Å². The van der Waals surface area contributed by atoms with Gasteiger partial charge in [0, 0.05) is 18.8 Å². The van der Waals surface area contributed by atoms with Gasteiger partial charge in [0.15, 0.2) is 0 Å². The minimum Gasteiger partial charge on any atom is -0.451 e. The van der Waals surface area contributed by atoms with Gasteiger partial charge in [0.25, 0.3) is 0 Å². The molecule has 0 aliphatic carbocycles. The van der Waals surface area contributed by atoms with Gasteiger partial charge >= 0.3 is 6.47 Å². The maximum Gasteiger partial charge on any atom is 0.418 e. The summed E-state index contributed by atoms with van der Waals surface area (Å²) in [5.74, 6) is 0. The molecule has 3 heteroatoms. The molecule has 0 aliphatic rings. The third-order valence-electron chi connectivity index (χ3n) is 1.70. The van der Waals surface area contributed by atoms with E-state index in [1.165, 1.54) is 6.47 Å². The molecule has 13 heavy (non-hydrogen) atoms. The fraction of sp³-hybridized carbons (Fsp3) is 0.400. The zero-order valence-electron chi connectivity index (χ0n) is 7.78. The van der Waals surface area contributed by atoms with Crippen LogP contribution in [0.2, 0.25) is 0 Å². The lowest BCUT2D eigenvalue weighted by atomic mass is 9.99. The van der Waals surface area contributed by atoms with Gasteiger partial charge in [0.05, 0.1) is 0 Å². The number of nitrogens with zero attached hydrogens (tertiary/aromatic N) is 1. The molecule has 0 fully saturated rings. The molecular formula is C10H12NO2. The van der Waals surface area contributed by atoms with E-state index in [1.807, 2.05) is 26.0 Å². The summed E-state index contributed by atoms with van der Waals surface area (Å²) in [6.45, 7) is 5.15. The molecule has 0 aliphatic heterocycles. The molecule has 1 heterocycles. The maximum absolute atomic E-state index is 10.1. The van der Waals surface area contributed by atoms with Gasteiger partial charge in [-0.1, -0.05) is 0 Å². The van der Waals surface area contributed by atoms with Crippen LogP contribution in [0.1, 0.15) is 19.4 Å². The fourth-order valence-electron chi connectivity index (χ4n) is 1.14. The van der Waals surface area contributed by atoms with Crippen LogP contribution < -0.4 is 0 Å². The summed E-state index contributed by atoms with van der Waals surface area (Å²) in [4.78, 5) is 14.0. The van der Waals surface area contributed by atoms with Gasteiger partial charge in [-0.3, -0.25) is 4.98 Å². The van der Waals surface area contributed by atoms with Crippen LogP contribution in [0, 0.1) is 0 Å². The average molecular weight is 178 g/mol. The highest BCUT2D eigenvalue weighted by Gasteiger charge is 2.19. The summed E-state index contributed by atoms with van der Waals surface area (Å²) in [5.41, 5.74) is 0.596. The Kier molecular flexibility index (Phi) is 3.01. The number of carbonyl (C=O) groups excluding carboxylic acids is 1. The van der Waals surface area contributed by atoms with E-state index >= 15 is 0 Å². The molecule has 0 unspecified atom stereocenters. The van der Waals surface area contributed by atoms with E-state index in [2.05, 4.69) is 4.98 Å². The van der Waals surface area contributed by atoms with Gasteiger partial charge in [-0.2, -0.15) is 0 Å². The SMILES string of the molecule is CC(C)(Cc1ccncc1)O[C]=O. The molecule has 0 N–H and O–H groups in total. The molecule has 1 radical (unpaired) electrons. The first kappa shape index (κ1) is 9.71. The molecular weight excluding hydrogens is 166 g/mol. The lowest BCUT2D eigenvalue weighted by Crippen LogP contribution is -2.26. The Hall–Kier alpha value is -1.38. The first-order valence-corrected chi connectivity index (χ1v) is 4.08. The second-order valence-corrected chi connectivity index (χ2v) is 3.48. The van der Waals surface area contributed by atoms with Crippen molar-refractivity contribution in [3.63, 3.8) is 0 Å². The fourth-order valence-corrected chi connectivity index (χ4v) is 1.14. The second kappa shape index (κ2) is 4.03. The molecule has 69 valence electrons. The van der Waals surface area contributed by atoms with Crippen molar-refractivity contribution in [1.29, 1.82) is 0 Å². The van der Waals surface area contributed by atoms with Crippen molar-refractivity contribution in [3.8, 4) is 0 Å². The Bertz CT molecular complexity index is 270. The molecule has 0 atom stereocenters. The number of ether oxygens (including phenoxy) is 1. The summed E-state index contributed by atoms with van der Waals surface area (Å²) in [6, 6.07) is 3.80. The Labute approximate surface area is 77.8 Å². The second-order valence-electron chi connectivity index (χ2n) is 3.48. The van der Waals surface area contributed by atoms with Gasteiger partial charge in [-0.05, 0) is 31.5 Å². The van der Waals surface area contributed by atoms with Crippen molar-refractivity contribution in [2.24, 2.45) is 0 Å². The number of rotatable bonds is 4. The Morgan fingerprint density at radius 1 is 1.46 bits per heavy atom. The molecule has 3 nitrogen and oxygen atoms in total. The number of hydrogen-bond acceptors (Lipinski definition) is 3. The molecule has 0 spiro atoms. The van der Waals surface area contributed by atoms with E-state index in [4.69, 9.17) is 4.74 Å². The summed E-state index contributed by atoms with van der Waals surface area (Å²) in [6.07, 6.45) is 4.11. The summed E-state index contributed by atoms with van der Waals surface area (Å²) >= 11 is 0. The predicted molar refractivity (Wildman–Crippen MR) is 48.8 cm³/mol. The zero-order valence-corrected chi connectivity index (χ0v) is 7.78. The molecule has 0 saturated heterocycles. The highest BCUT2D eigenvalue weighted by molar-refractivity contribution is 5.39. The molecule has 1 aromatic heterocycles. The van der Waals surface area contributed by atoms with Gasteiger partial charge < -0.3 is 4.74 Å². The van der Waals surface area contributed by atoms with Crippen LogP contribution in [0.15, 0.2) is 24.5 Å². The highest BCUT2D eigenvalue weighted by Crippen LogP contribution is 2.14. The molecule has 0 aromatic carbocycles. The number of hydrogen-bond donors (Lipinski definition) is 0. The van der Waals surface area contributed by atoms with E-state index in [9.17, 15) is 4.79 Å². The topological polar surface area (TPSA) is 39.2 Å². The minimum absolute atomic E-state index is 0.497. The van der Waals surface area contributed by atoms with Crippen LogP contribution in [-0.4, -0.2) is 17.1 Å². The smallest absolute Gasteiger partial charge is 0.418 e. The lowest BCUT2D eigenvalue weighted by Gasteiger charge is -2.21. The van der Waals surface area contributed by atoms with Gasteiger partial charge in [0.1, 0.15) is 5.60 Å². The van der Waals surface area contributed by atoms with Gasteiger partial charge in [-0.25, -0.2) is 4.79 Å². The Morgan fingerprint density at radius 2 is 2.08 bits per heavy atom. The Balaban J connectivity index is 2.63. The summed E-state index contributed by atoms with van der Waals surface area (Å²) in [7, 11) is 0. The van der Waals surface area contributed by atoms with E-state index < -0.39 is 5.60 Å². The molecule has 0 bridgehead atoms. The number of aromatic nitrogens is 1. The van der Waals surface area contributed by atoms with E-state index in [1.54, 1.807) is 12.4 Å². The van der Waals surface area contributed by atoms with E-state index in [-0.39, 0.29) is 0 Å².